The van der Waals surface area contributed by atoms with Crippen LogP contribution in [0.2, 0.25) is 0 Å². The number of aromatic nitrogens is 2. The highest BCUT2D eigenvalue weighted by atomic mass is 16.4. The number of carboxylic acids is 1. The minimum absolute atomic E-state index is 0.720. The lowest BCUT2D eigenvalue weighted by Crippen LogP contribution is -1.92. The van der Waals surface area contributed by atoms with Crippen molar-refractivity contribution in [2.75, 3.05) is 0 Å². The number of carboxylic acid groups (broad SMARTS) is 1. The van der Waals surface area contributed by atoms with Crippen molar-refractivity contribution >= 4 is 17.2 Å². The zero-order valence-electron chi connectivity index (χ0n) is 8.21. The zero-order chi connectivity index (χ0) is 10.8. The van der Waals surface area contributed by atoms with Crippen LogP contribution < -0.4 is 0 Å². The molecule has 0 radical (unpaired) electrons. The second kappa shape index (κ2) is 3.57. The van der Waals surface area contributed by atoms with E-state index in [4.69, 9.17) is 5.11 Å². The van der Waals surface area contributed by atoms with Crippen LogP contribution in [0.3, 0.4) is 0 Å². The number of hydrogen-bond acceptors (Lipinski definition) is 2. The van der Waals surface area contributed by atoms with Gasteiger partial charge in [0.05, 0.1) is 0 Å². The van der Waals surface area contributed by atoms with Crippen molar-refractivity contribution in [3.63, 3.8) is 0 Å². The lowest BCUT2D eigenvalue weighted by molar-refractivity contribution is -0.131. The third-order valence-corrected chi connectivity index (χ3v) is 2.18. The SMILES string of the molecule is C/C(=C/C(=O)O)c1ccc2nccn2c1. The molecule has 0 unspecified atom stereocenters. The molecule has 0 bridgehead atoms. The van der Waals surface area contributed by atoms with Crippen molar-refractivity contribution < 1.29 is 9.90 Å². The second-order valence-corrected chi connectivity index (χ2v) is 3.28. The Kier molecular flexibility index (Phi) is 2.25. The van der Waals surface area contributed by atoms with Crippen molar-refractivity contribution in [3.05, 3.63) is 42.4 Å². The fourth-order valence-electron chi connectivity index (χ4n) is 1.42. The van der Waals surface area contributed by atoms with Crippen molar-refractivity contribution in [2.24, 2.45) is 0 Å². The molecule has 2 heterocycles. The van der Waals surface area contributed by atoms with E-state index in [0.29, 0.717) is 0 Å². The number of imidazole rings is 1. The first-order chi connectivity index (χ1) is 7.16. The van der Waals surface area contributed by atoms with E-state index in [1.807, 2.05) is 28.9 Å². The number of rotatable bonds is 2. The summed E-state index contributed by atoms with van der Waals surface area (Å²) in [6.07, 6.45) is 6.58. The Bertz CT molecular complexity index is 540. The Hall–Kier alpha value is -2.10. The number of pyridine rings is 1. The molecule has 0 spiro atoms. The summed E-state index contributed by atoms with van der Waals surface area (Å²) in [5.41, 5.74) is 2.45. The topological polar surface area (TPSA) is 54.6 Å². The summed E-state index contributed by atoms with van der Waals surface area (Å²) in [5, 5.41) is 8.62. The lowest BCUT2D eigenvalue weighted by Gasteiger charge is -2.01. The number of hydrogen-bond donors (Lipinski definition) is 1. The normalized spacial score (nSPS) is 11.9. The lowest BCUT2D eigenvalue weighted by atomic mass is 10.1. The van der Waals surface area contributed by atoms with E-state index < -0.39 is 5.97 Å². The van der Waals surface area contributed by atoms with Crippen LogP contribution in [0.4, 0.5) is 0 Å². The number of aliphatic carboxylic acids is 1. The van der Waals surface area contributed by atoms with Crippen molar-refractivity contribution in [3.8, 4) is 0 Å². The summed E-state index contributed by atoms with van der Waals surface area (Å²) in [6, 6.07) is 3.71. The Balaban J connectivity index is 2.48. The zero-order valence-corrected chi connectivity index (χ0v) is 8.21. The molecule has 0 aromatic carbocycles. The summed E-state index contributed by atoms with van der Waals surface area (Å²) >= 11 is 0. The molecule has 0 saturated carbocycles. The second-order valence-electron chi connectivity index (χ2n) is 3.28. The minimum Gasteiger partial charge on any atom is -0.478 e. The van der Waals surface area contributed by atoms with E-state index in [-0.39, 0.29) is 0 Å². The van der Waals surface area contributed by atoms with E-state index in [2.05, 4.69) is 4.98 Å². The summed E-state index contributed by atoms with van der Waals surface area (Å²) in [7, 11) is 0. The molecule has 0 aliphatic carbocycles. The molecule has 2 aromatic rings. The summed E-state index contributed by atoms with van der Waals surface area (Å²) in [5.74, 6) is -0.932. The van der Waals surface area contributed by atoms with Crippen molar-refractivity contribution in [2.45, 2.75) is 6.92 Å². The maximum atomic E-state index is 10.5. The third-order valence-electron chi connectivity index (χ3n) is 2.18. The monoisotopic (exact) mass is 202 g/mol. The van der Waals surface area contributed by atoms with Crippen molar-refractivity contribution in [1.29, 1.82) is 0 Å². The maximum Gasteiger partial charge on any atom is 0.328 e. The van der Waals surface area contributed by atoms with Gasteiger partial charge in [-0.25, -0.2) is 9.78 Å². The van der Waals surface area contributed by atoms with E-state index >= 15 is 0 Å². The molecule has 4 nitrogen and oxygen atoms in total. The third kappa shape index (κ3) is 1.88. The van der Waals surface area contributed by atoms with Crippen LogP contribution >= 0.6 is 0 Å². The molecule has 0 aliphatic heterocycles. The standard InChI is InChI=1S/C11H10N2O2/c1-8(6-11(14)15)9-2-3-10-12-4-5-13(10)7-9/h2-7H,1H3,(H,14,15)/b8-6-. The van der Waals surface area contributed by atoms with Gasteiger partial charge in [0.25, 0.3) is 0 Å². The Morgan fingerprint density at radius 1 is 1.53 bits per heavy atom. The molecule has 15 heavy (non-hydrogen) atoms. The van der Waals surface area contributed by atoms with Crippen LogP contribution in [0.15, 0.2) is 36.8 Å². The number of allylic oxidation sites excluding steroid dienone is 1. The van der Waals surface area contributed by atoms with Crippen LogP contribution in [-0.2, 0) is 4.79 Å². The van der Waals surface area contributed by atoms with Gasteiger partial charge in [-0.15, -0.1) is 0 Å². The summed E-state index contributed by atoms with van der Waals surface area (Å²) in [4.78, 5) is 14.6. The van der Waals surface area contributed by atoms with Crippen LogP contribution in [0.5, 0.6) is 0 Å². The number of fused-ring (bicyclic) bond motifs is 1. The average Bonchev–Trinajstić information content (AvgIpc) is 2.62. The Morgan fingerprint density at radius 3 is 3.07 bits per heavy atom. The van der Waals surface area contributed by atoms with Crippen LogP contribution in [0, 0.1) is 0 Å². The van der Waals surface area contributed by atoms with Crippen LogP contribution in [-0.4, -0.2) is 20.5 Å². The van der Waals surface area contributed by atoms with E-state index in [1.54, 1.807) is 13.1 Å². The highest BCUT2D eigenvalue weighted by Crippen LogP contribution is 2.14. The van der Waals surface area contributed by atoms with E-state index in [9.17, 15) is 4.79 Å². The van der Waals surface area contributed by atoms with Gasteiger partial charge in [0.15, 0.2) is 0 Å². The van der Waals surface area contributed by atoms with Crippen LogP contribution in [0.1, 0.15) is 12.5 Å². The van der Waals surface area contributed by atoms with Gasteiger partial charge in [0.2, 0.25) is 0 Å². The van der Waals surface area contributed by atoms with Gasteiger partial charge in [0, 0.05) is 24.7 Å². The first-order valence-electron chi connectivity index (χ1n) is 4.51. The van der Waals surface area contributed by atoms with E-state index in [0.717, 1.165) is 16.8 Å². The Labute approximate surface area is 86.5 Å². The predicted octanol–water partition coefficient (Wildman–Crippen LogP) is 1.82. The van der Waals surface area contributed by atoms with Gasteiger partial charge < -0.3 is 9.51 Å². The molecule has 0 aliphatic rings. The highest BCUT2D eigenvalue weighted by molar-refractivity contribution is 5.89. The predicted molar refractivity (Wildman–Crippen MR) is 56.5 cm³/mol. The van der Waals surface area contributed by atoms with Gasteiger partial charge in [-0.3, -0.25) is 0 Å². The molecule has 4 heteroatoms. The highest BCUT2D eigenvalue weighted by Gasteiger charge is 2.00. The molecular weight excluding hydrogens is 192 g/mol. The first kappa shape index (κ1) is 9.45. The molecule has 0 atom stereocenters. The molecule has 2 rings (SSSR count). The molecular formula is C11H10N2O2. The van der Waals surface area contributed by atoms with Gasteiger partial charge >= 0.3 is 5.97 Å². The average molecular weight is 202 g/mol. The molecule has 0 fully saturated rings. The van der Waals surface area contributed by atoms with Crippen LogP contribution in [0.25, 0.3) is 11.2 Å². The maximum absolute atomic E-state index is 10.5. The first-order valence-corrected chi connectivity index (χ1v) is 4.51. The molecule has 2 aromatic heterocycles. The van der Waals surface area contributed by atoms with Crippen molar-refractivity contribution in [1.82, 2.24) is 9.38 Å². The summed E-state index contributed by atoms with van der Waals surface area (Å²) < 4.78 is 1.86. The van der Waals surface area contributed by atoms with Gasteiger partial charge in [-0.05, 0) is 30.2 Å². The molecule has 1 N–H and O–H groups in total. The van der Waals surface area contributed by atoms with Gasteiger partial charge in [0.1, 0.15) is 5.65 Å². The molecule has 0 amide bonds. The largest absolute Gasteiger partial charge is 0.478 e. The number of carbonyl (C=O) groups is 1. The quantitative estimate of drug-likeness (QED) is 0.756. The summed E-state index contributed by atoms with van der Waals surface area (Å²) in [6.45, 7) is 1.77. The minimum atomic E-state index is -0.932. The smallest absolute Gasteiger partial charge is 0.328 e. The fourth-order valence-corrected chi connectivity index (χ4v) is 1.42. The van der Waals surface area contributed by atoms with Gasteiger partial charge in [-0.1, -0.05) is 0 Å². The molecule has 76 valence electrons. The Morgan fingerprint density at radius 2 is 2.33 bits per heavy atom. The van der Waals surface area contributed by atoms with Gasteiger partial charge in [-0.2, -0.15) is 0 Å². The fraction of sp³-hybridized carbons (Fsp3) is 0.0909. The van der Waals surface area contributed by atoms with E-state index in [1.165, 1.54) is 6.08 Å². The number of nitrogens with zero attached hydrogens (tertiary/aromatic N) is 2. The molecule has 0 saturated heterocycles.